The van der Waals surface area contributed by atoms with Gasteiger partial charge in [0.15, 0.2) is 0 Å². The van der Waals surface area contributed by atoms with Crippen LogP contribution in [0.2, 0.25) is 0 Å². The van der Waals surface area contributed by atoms with Crippen LogP contribution in [0, 0.1) is 5.92 Å². The summed E-state index contributed by atoms with van der Waals surface area (Å²) in [5.74, 6) is 1.48. The maximum absolute atomic E-state index is 13.5. The van der Waals surface area contributed by atoms with E-state index in [0.29, 0.717) is 25.6 Å². The van der Waals surface area contributed by atoms with Crippen molar-refractivity contribution in [3.8, 4) is 5.75 Å². The second-order valence-electron chi connectivity index (χ2n) is 9.09. The van der Waals surface area contributed by atoms with Gasteiger partial charge in [-0.15, -0.1) is 0 Å². The Hall–Kier alpha value is -2.37. The summed E-state index contributed by atoms with van der Waals surface area (Å²) in [6.07, 6.45) is 1.69. The normalized spacial score (nSPS) is 19.0. The number of carbonyl (C=O) groups excluding carboxylic acids is 1. The Bertz CT molecular complexity index is 868. The zero-order chi connectivity index (χ0) is 21.6. The van der Waals surface area contributed by atoms with Gasteiger partial charge in [-0.25, -0.2) is 0 Å². The van der Waals surface area contributed by atoms with Crippen LogP contribution in [0.1, 0.15) is 37.0 Å². The smallest absolute Gasteiger partial charge is 0.253 e. The predicted octanol–water partition coefficient (Wildman–Crippen LogP) is 3.90. The Morgan fingerprint density at radius 2 is 1.97 bits per heavy atom. The molecule has 166 valence electrons. The lowest BCUT2D eigenvalue weighted by Gasteiger charge is -2.35. The molecule has 0 aliphatic carbocycles. The average Bonchev–Trinajstić information content (AvgIpc) is 2.79. The first-order valence-corrected chi connectivity index (χ1v) is 11.5. The summed E-state index contributed by atoms with van der Waals surface area (Å²) >= 11 is 0. The van der Waals surface area contributed by atoms with Crippen LogP contribution in [-0.4, -0.2) is 54.7 Å². The molecule has 0 bridgehead atoms. The highest BCUT2D eigenvalue weighted by Gasteiger charge is 2.31. The second-order valence-corrected chi connectivity index (χ2v) is 9.09. The molecule has 1 saturated heterocycles. The lowest BCUT2D eigenvalue weighted by molar-refractivity contribution is -0.151. The number of carbonyl (C=O) groups is 1. The summed E-state index contributed by atoms with van der Waals surface area (Å²) in [6, 6.07) is 16.8. The van der Waals surface area contributed by atoms with Crippen LogP contribution in [-0.2, 0) is 29.0 Å². The molecule has 0 spiro atoms. The van der Waals surface area contributed by atoms with E-state index in [-0.39, 0.29) is 5.91 Å². The number of hydrogen-bond acceptors (Lipinski definition) is 4. The standard InChI is InChI=1S/C26H34N2O3/c1-20(2)16-28(18-22-10-11-24-23(15-22)9-6-13-30-24)26(29)25-19-27(12-14-31-25)17-21-7-4-3-5-8-21/h3-5,7-8,10-11,15,20,25H,6,9,12-14,16-19H2,1-2H3. The lowest BCUT2D eigenvalue weighted by atomic mass is 10.0. The number of hydrogen-bond donors (Lipinski definition) is 0. The fourth-order valence-electron chi connectivity index (χ4n) is 4.45. The summed E-state index contributed by atoms with van der Waals surface area (Å²) in [5.41, 5.74) is 3.68. The molecule has 1 fully saturated rings. The molecular formula is C26H34N2O3. The molecule has 2 aliphatic rings. The van der Waals surface area contributed by atoms with E-state index < -0.39 is 6.10 Å². The number of fused-ring (bicyclic) bond motifs is 1. The van der Waals surface area contributed by atoms with Crippen LogP contribution in [0.3, 0.4) is 0 Å². The zero-order valence-electron chi connectivity index (χ0n) is 18.8. The number of ether oxygens (including phenoxy) is 2. The minimum atomic E-state index is -0.405. The monoisotopic (exact) mass is 422 g/mol. The topological polar surface area (TPSA) is 42.0 Å². The highest BCUT2D eigenvalue weighted by molar-refractivity contribution is 5.81. The molecule has 31 heavy (non-hydrogen) atoms. The molecule has 2 aliphatic heterocycles. The van der Waals surface area contributed by atoms with Crippen LogP contribution in [0.5, 0.6) is 5.75 Å². The molecule has 0 N–H and O–H groups in total. The van der Waals surface area contributed by atoms with E-state index in [0.717, 1.165) is 50.4 Å². The fraction of sp³-hybridized carbons (Fsp3) is 0.500. The van der Waals surface area contributed by atoms with Crippen molar-refractivity contribution in [1.82, 2.24) is 9.80 Å². The van der Waals surface area contributed by atoms with Crippen molar-refractivity contribution in [2.75, 3.05) is 32.8 Å². The van der Waals surface area contributed by atoms with Gasteiger partial charge in [0, 0.05) is 32.7 Å². The molecule has 1 atom stereocenters. The van der Waals surface area contributed by atoms with Gasteiger partial charge in [0.2, 0.25) is 0 Å². The summed E-state index contributed by atoms with van der Waals surface area (Å²) in [5, 5.41) is 0. The van der Waals surface area contributed by atoms with Crippen molar-refractivity contribution in [2.45, 2.75) is 45.9 Å². The molecule has 5 heteroatoms. The minimum absolute atomic E-state index is 0.0976. The van der Waals surface area contributed by atoms with Gasteiger partial charge in [-0.3, -0.25) is 9.69 Å². The molecule has 0 aromatic heterocycles. The molecule has 2 heterocycles. The number of benzene rings is 2. The summed E-state index contributed by atoms with van der Waals surface area (Å²) < 4.78 is 11.7. The Morgan fingerprint density at radius 1 is 1.13 bits per heavy atom. The van der Waals surface area contributed by atoms with Gasteiger partial charge < -0.3 is 14.4 Å². The quantitative estimate of drug-likeness (QED) is 0.679. The van der Waals surface area contributed by atoms with Crippen LogP contribution < -0.4 is 4.74 Å². The van der Waals surface area contributed by atoms with Gasteiger partial charge in [-0.05, 0) is 41.5 Å². The van der Waals surface area contributed by atoms with E-state index in [1.807, 2.05) is 11.0 Å². The Labute approximate surface area is 185 Å². The second kappa shape index (κ2) is 10.3. The van der Waals surface area contributed by atoms with E-state index in [1.54, 1.807) is 0 Å². The van der Waals surface area contributed by atoms with Crippen LogP contribution >= 0.6 is 0 Å². The highest BCUT2D eigenvalue weighted by atomic mass is 16.5. The number of morpholine rings is 1. The van der Waals surface area contributed by atoms with Crippen LogP contribution in [0.15, 0.2) is 48.5 Å². The maximum atomic E-state index is 13.5. The van der Waals surface area contributed by atoms with E-state index in [2.05, 4.69) is 61.2 Å². The third-order valence-corrected chi connectivity index (χ3v) is 5.92. The van der Waals surface area contributed by atoms with Gasteiger partial charge in [0.05, 0.1) is 13.2 Å². The number of aryl methyl sites for hydroxylation is 1. The molecule has 5 nitrogen and oxygen atoms in total. The van der Waals surface area contributed by atoms with Gasteiger partial charge in [-0.1, -0.05) is 56.3 Å². The SMILES string of the molecule is CC(C)CN(Cc1ccc2c(c1)CCCO2)C(=O)C1CN(Cc2ccccc2)CCO1. The molecule has 4 rings (SSSR count). The van der Waals surface area contributed by atoms with Crippen LogP contribution in [0.4, 0.5) is 0 Å². The minimum Gasteiger partial charge on any atom is -0.493 e. The highest BCUT2D eigenvalue weighted by Crippen LogP contribution is 2.26. The number of amides is 1. The van der Waals surface area contributed by atoms with Crippen molar-refractivity contribution >= 4 is 5.91 Å². The van der Waals surface area contributed by atoms with Gasteiger partial charge in [0.25, 0.3) is 5.91 Å². The van der Waals surface area contributed by atoms with E-state index in [1.165, 1.54) is 11.1 Å². The molecule has 1 unspecified atom stereocenters. The Balaban J connectivity index is 1.43. The van der Waals surface area contributed by atoms with Gasteiger partial charge in [0.1, 0.15) is 11.9 Å². The third kappa shape index (κ3) is 5.86. The first kappa shape index (κ1) is 21.8. The molecule has 0 radical (unpaired) electrons. The van der Waals surface area contributed by atoms with Crippen molar-refractivity contribution < 1.29 is 14.3 Å². The number of nitrogens with zero attached hydrogens (tertiary/aromatic N) is 2. The summed E-state index contributed by atoms with van der Waals surface area (Å²) in [4.78, 5) is 17.8. The molecular weight excluding hydrogens is 388 g/mol. The lowest BCUT2D eigenvalue weighted by Crippen LogP contribution is -2.51. The summed E-state index contributed by atoms with van der Waals surface area (Å²) in [6.45, 7) is 9.39. The summed E-state index contributed by atoms with van der Waals surface area (Å²) in [7, 11) is 0. The van der Waals surface area contributed by atoms with E-state index >= 15 is 0 Å². The molecule has 1 amide bonds. The van der Waals surface area contributed by atoms with Crippen molar-refractivity contribution in [2.24, 2.45) is 5.92 Å². The predicted molar refractivity (Wildman–Crippen MR) is 122 cm³/mol. The average molecular weight is 423 g/mol. The first-order chi connectivity index (χ1) is 15.1. The Morgan fingerprint density at radius 3 is 2.77 bits per heavy atom. The van der Waals surface area contributed by atoms with E-state index in [4.69, 9.17) is 9.47 Å². The largest absolute Gasteiger partial charge is 0.493 e. The Kier molecular flexibility index (Phi) is 7.25. The van der Waals surface area contributed by atoms with E-state index in [9.17, 15) is 4.79 Å². The molecule has 2 aromatic carbocycles. The maximum Gasteiger partial charge on any atom is 0.253 e. The van der Waals surface area contributed by atoms with Crippen molar-refractivity contribution in [3.05, 3.63) is 65.2 Å². The fourth-order valence-corrected chi connectivity index (χ4v) is 4.45. The molecule has 0 saturated carbocycles. The molecule has 2 aromatic rings. The van der Waals surface area contributed by atoms with Crippen molar-refractivity contribution in [1.29, 1.82) is 0 Å². The zero-order valence-corrected chi connectivity index (χ0v) is 18.8. The third-order valence-electron chi connectivity index (χ3n) is 5.92. The van der Waals surface area contributed by atoms with Crippen LogP contribution in [0.25, 0.3) is 0 Å². The van der Waals surface area contributed by atoms with Gasteiger partial charge >= 0.3 is 0 Å². The van der Waals surface area contributed by atoms with Gasteiger partial charge in [-0.2, -0.15) is 0 Å². The number of rotatable bonds is 7. The van der Waals surface area contributed by atoms with Crippen molar-refractivity contribution in [3.63, 3.8) is 0 Å². The first-order valence-electron chi connectivity index (χ1n) is 11.5.